The Labute approximate surface area is 249 Å². The summed E-state index contributed by atoms with van der Waals surface area (Å²) in [5.41, 5.74) is 19.3. The van der Waals surface area contributed by atoms with Crippen molar-refractivity contribution in [3.8, 4) is 44.5 Å². The lowest BCUT2D eigenvalue weighted by Crippen LogP contribution is -2.03. The van der Waals surface area contributed by atoms with Crippen molar-refractivity contribution in [2.45, 2.75) is 38.5 Å². The van der Waals surface area contributed by atoms with Crippen LogP contribution < -0.4 is 0 Å². The van der Waals surface area contributed by atoms with Crippen LogP contribution >= 0.6 is 0 Å². The molecule has 6 aromatic rings. The lowest BCUT2D eigenvalue weighted by molar-refractivity contribution is 0.626. The van der Waals surface area contributed by atoms with Crippen LogP contribution in [0.1, 0.15) is 58.1 Å². The summed E-state index contributed by atoms with van der Waals surface area (Å²) in [7, 11) is 0. The highest BCUT2D eigenvalue weighted by molar-refractivity contribution is 5.85. The summed E-state index contributed by atoms with van der Waals surface area (Å²) < 4.78 is 0. The van der Waals surface area contributed by atoms with Gasteiger partial charge in [-0.05, 0) is 106 Å². The van der Waals surface area contributed by atoms with Gasteiger partial charge in [-0.1, -0.05) is 132 Å². The van der Waals surface area contributed by atoms with Gasteiger partial charge in [-0.15, -0.1) is 0 Å². The summed E-state index contributed by atoms with van der Waals surface area (Å²) >= 11 is 0. The zero-order valence-electron chi connectivity index (χ0n) is 24.3. The van der Waals surface area contributed by atoms with E-state index in [2.05, 4.69) is 147 Å². The van der Waals surface area contributed by atoms with Crippen LogP contribution in [-0.2, 0) is 0 Å². The highest BCUT2D eigenvalue weighted by Gasteiger charge is 2.33. The lowest BCUT2D eigenvalue weighted by Gasteiger charge is -2.20. The average Bonchev–Trinajstić information content (AvgIpc) is 3.52. The van der Waals surface area contributed by atoms with Crippen molar-refractivity contribution in [2.75, 3.05) is 0 Å². The van der Waals surface area contributed by atoms with E-state index in [1.807, 2.05) is 0 Å². The molecule has 0 saturated carbocycles. The molecule has 8 rings (SSSR count). The zero-order chi connectivity index (χ0) is 28.2. The first kappa shape index (κ1) is 25.1. The van der Waals surface area contributed by atoms with Gasteiger partial charge < -0.3 is 0 Å². The summed E-state index contributed by atoms with van der Waals surface area (Å²) in [6.45, 7) is 4.31. The van der Waals surface area contributed by atoms with E-state index in [9.17, 15) is 0 Å². The third-order valence-corrected chi connectivity index (χ3v) is 9.62. The van der Waals surface area contributed by atoms with Crippen molar-refractivity contribution in [2.24, 2.45) is 0 Å². The summed E-state index contributed by atoms with van der Waals surface area (Å²) in [6, 6.07) is 50.3. The molecule has 6 aromatic carbocycles. The number of hydrogen-bond donors (Lipinski definition) is 0. The van der Waals surface area contributed by atoms with Gasteiger partial charge in [0, 0.05) is 11.8 Å². The largest absolute Gasteiger partial charge is 0.0619 e. The Bertz CT molecular complexity index is 1800. The minimum Gasteiger partial charge on any atom is -0.0619 e. The monoisotopic (exact) mass is 538 g/mol. The fourth-order valence-corrected chi connectivity index (χ4v) is 7.43. The van der Waals surface area contributed by atoms with Crippen molar-refractivity contribution >= 4 is 0 Å². The Morgan fingerprint density at radius 2 is 0.714 bits per heavy atom. The molecule has 0 spiro atoms. The van der Waals surface area contributed by atoms with Crippen LogP contribution in [0.5, 0.6) is 0 Å². The zero-order valence-corrected chi connectivity index (χ0v) is 24.3. The molecular weight excluding hydrogens is 504 g/mol. The van der Waals surface area contributed by atoms with Crippen molar-refractivity contribution in [1.29, 1.82) is 0 Å². The van der Waals surface area contributed by atoms with Crippen LogP contribution in [0.4, 0.5) is 0 Å². The standard InChI is InChI=1S/C42H34/c1-27-11-15-29(16-12-27)31-19-21-38-39-22-20-32(30-17-13-28(2)14-18-30)26-42(39)40(41(38)25-31)24-23-37-35-9-5-3-7-33(35)34-8-4-6-10-36(34)37/h3-22,25-26,37,40H,23-24H2,1-2H3. The van der Waals surface area contributed by atoms with E-state index in [0.29, 0.717) is 11.8 Å². The maximum atomic E-state index is 2.48. The SMILES string of the molecule is Cc1ccc(-c2ccc3c(c2)C(CCC2c4ccccc4-c4ccccc42)c2cc(-c4ccc(C)cc4)ccc2-3)cc1. The topological polar surface area (TPSA) is 0 Å². The van der Waals surface area contributed by atoms with Gasteiger partial charge in [0.1, 0.15) is 0 Å². The second-order valence-electron chi connectivity index (χ2n) is 12.2. The molecule has 0 radical (unpaired) electrons. The van der Waals surface area contributed by atoms with E-state index in [0.717, 1.165) is 12.8 Å². The van der Waals surface area contributed by atoms with Gasteiger partial charge in [-0.25, -0.2) is 0 Å². The number of fused-ring (bicyclic) bond motifs is 6. The molecule has 0 N–H and O–H groups in total. The highest BCUT2D eigenvalue weighted by atomic mass is 14.4. The molecule has 0 unspecified atom stereocenters. The highest BCUT2D eigenvalue weighted by Crippen LogP contribution is 2.52. The first-order chi connectivity index (χ1) is 20.6. The number of aryl methyl sites for hydroxylation is 2. The van der Waals surface area contributed by atoms with Crippen LogP contribution in [0.3, 0.4) is 0 Å². The first-order valence-electron chi connectivity index (χ1n) is 15.2. The van der Waals surface area contributed by atoms with Crippen molar-refractivity contribution in [1.82, 2.24) is 0 Å². The predicted octanol–water partition coefficient (Wildman–Crippen LogP) is 11.3. The molecule has 0 heterocycles. The fraction of sp³-hybridized carbons (Fsp3) is 0.143. The number of hydrogen-bond acceptors (Lipinski definition) is 0. The van der Waals surface area contributed by atoms with Gasteiger partial charge >= 0.3 is 0 Å². The van der Waals surface area contributed by atoms with Gasteiger partial charge in [0.2, 0.25) is 0 Å². The molecule has 0 bridgehead atoms. The van der Waals surface area contributed by atoms with E-state index in [1.165, 1.54) is 77.9 Å². The van der Waals surface area contributed by atoms with Gasteiger partial charge in [-0.2, -0.15) is 0 Å². The molecular formula is C42H34. The molecule has 2 aliphatic rings. The second-order valence-corrected chi connectivity index (χ2v) is 12.2. The quantitative estimate of drug-likeness (QED) is 0.205. The molecule has 42 heavy (non-hydrogen) atoms. The Hall–Kier alpha value is -4.68. The molecule has 0 nitrogen and oxygen atoms in total. The van der Waals surface area contributed by atoms with Gasteiger partial charge in [0.15, 0.2) is 0 Å². The number of rotatable bonds is 5. The molecule has 0 saturated heterocycles. The maximum absolute atomic E-state index is 2.48. The molecule has 0 aliphatic heterocycles. The summed E-state index contributed by atoms with van der Waals surface area (Å²) in [4.78, 5) is 0. The Balaban J connectivity index is 1.21. The van der Waals surface area contributed by atoms with Crippen LogP contribution in [0.25, 0.3) is 44.5 Å². The van der Waals surface area contributed by atoms with Crippen LogP contribution in [-0.4, -0.2) is 0 Å². The van der Waals surface area contributed by atoms with E-state index in [1.54, 1.807) is 0 Å². The van der Waals surface area contributed by atoms with Crippen LogP contribution in [0.15, 0.2) is 133 Å². The summed E-state index contributed by atoms with van der Waals surface area (Å²) in [6.07, 6.45) is 2.24. The van der Waals surface area contributed by atoms with Crippen molar-refractivity contribution in [3.63, 3.8) is 0 Å². The second kappa shape index (κ2) is 10.00. The summed E-state index contributed by atoms with van der Waals surface area (Å²) in [5, 5.41) is 0. The first-order valence-corrected chi connectivity index (χ1v) is 15.2. The van der Waals surface area contributed by atoms with Crippen LogP contribution in [0, 0.1) is 13.8 Å². The molecule has 0 atom stereocenters. The average molecular weight is 539 g/mol. The molecule has 0 aromatic heterocycles. The Morgan fingerprint density at radius 3 is 1.17 bits per heavy atom. The smallest absolute Gasteiger partial charge is 0.0102 e. The molecule has 0 heteroatoms. The minimum atomic E-state index is 0.366. The van der Waals surface area contributed by atoms with Gasteiger partial charge in [0.25, 0.3) is 0 Å². The van der Waals surface area contributed by atoms with Crippen LogP contribution in [0.2, 0.25) is 0 Å². The molecule has 202 valence electrons. The third kappa shape index (κ3) is 4.13. The van der Waals surface area contributed by atoms with E-state index in [-0.39, 0.29) is 0 Å². The van der Waals surface area contributed by atoms with Crippen molar-refractivity contribution < 1.29 is 0 Å². The summed E-state index contributed by atoms with van der Waals surface area (Å²) in [5.74, 6) is 0.802. The predicted molar refractivity (Wildman–Crippen MR) is 177 cm³/mol. The van der Waals surface area contributed by atoms with Gasteiger partial charge in [0.05, 0.1) is 0 Å². The molecule has 2 aliphatic carbocycles. The van der Waals surface area contributed by atoms with E-state index >= 15 is 0 Å². The van der Waals surface area contributed by atoms with E-state index < -0.39 is 0 Å². The molecule has 0 fully saturated rings. The maximum Gasteiger partial charge on any atom is 0.0102 e. The number of benzene rings is 6. The lowest BCUT2D eigenvalue weighted by atomic mass is 9.84. The molecule has 0 amide bonds. The fourth-order valence-electron chi connectivity index (χ4n) is 7.43. The minimum absolute atomic E-state index is 0.366. The normalized spacial score (nSPS) is 13.5. The Morgan fingerprint density at radius 1 is 0.357 bits per heavy atom. The van der Waals surface area contributed by atoms with Gasteiger partial charge in [-0.3, -0.25) is 0 Å². The van der Waals surface area contributed by atoms with E-state index in [4.69, 9.17) is 0 Å². The van der Waals surface area contributed by atoms with Crippen molar-refractivity contribution in [3.05, 3.63) is 167 Å². The third-order valence-electron chi connectivity index (χ3n) is 9.62. The Kier molecular flexibility index (Phi) is 5.97.